The molecule has 1 aliphatic heterocycles. The quantitative estimate of drug-likeness (QED) is 0.584. The molecule has 2 nitrogen and oxygen atoms in total. The van der Waals surface area contributed by atoms with E-state index in [0.29, 0.717) is 5.92 Å². The summed E-state index contributed by atoms with van der Waals surface area (Å²) in [6.45, 7) is 9.90. The molecule has 12 heavy (non-hydrogen) atoms. The fourth-order valence-corrected chi connectivity index (χ4v) is 1.52. The predicted octanol–water partition coefficient (Wildman–Crippen LogP) is 1.75. The molecule has 1 saturated heterocycles. The van der Waals surface area contributed by atoms with E-state index >= 15 is 0 Å². The molecule has 0 radical (unpaired) electrons. The fourth-order valence-electron chi connectivity index (χ4n) is 1.52. The molecule has 0 unspecified atom stereocenters. The Morgan fingerprint density at radius 3 is 2.50 bits per heavy atom. The summed E-state index contributed by atoms with van der Waals surface area (Å²) in [5.41, 5.74) is 0. The molecule has 0 aromatic rings. The molecule has 72 valence electrons. The molecular weight excluding hydrogens is 150 g/mol. The first-order valence-corrected chi connectivity index (χ1v) is 5.09. The zero-order valence-electron chi connectivity index (χ0n) is 8.38. The Kier molecular flexibility index (Phi) is 4.62. The number of hydrogen-bond donors (Lipinski definition) is 0. The SMILES string of the molecule is CC(C)COCCN1CCCC1. The Hall–Kier alpha value is -0.0800. The van der Waals surface area contributed by atoms with Gasteiger partial charge >= 0.3 is 0 Å². The molecule has 1 aliphatic rings. The van der Waals surface area contributed by atoms with Crippen LogP contribution in [-0.4, -0.2) is 37.7 Å². The maximum Gasteiger partial charge on any atom is 0.0593 e. The van der Waals surface area contributed by atoms with Gasteiger partial charge < -0.3 is 9.64 Å². The number of rotatable bonds is 5. The van der Waals surface area contributed by atoms with Gasteiger partial charge in [0.2, 0.25) is 0 Å². The number of likely N-dealkylation sites (tertiary alicyclic amines) is 1. The molecule has 1 fully saturated rings. The second kappa shape index (κ2) is 5.55. The number of hydrogen-bond acceptors (Lipinski definition) is 2. The average molecular weight is 171 g/mol. The third kappa shape index (κ3) is 4.07. The average Bonchev–Trinajstić information content (AvgIpc) is 2.49. The van der Waals surface area contributed by atoms with E-state index in [-0.39, 0.29) is 0 Å². The Morgan fingerprint density at radius 1 is 1.25 bits per heavy atom. The van der Waals surface area contributed by atoms with Crippen molar-refractivity contribution >= 4 is 0 Å². The first kappa shape index (κ1) is 10.0. The Balaban J connectivity index is 1.88. The van der Waals surface area contributed by atoms with E-state index in [1.165, 1.54) is 25.9 Å². The van der Waals surface area contributed by atoms with Gasteiger partial charge in [-0.25, -0.2) is 0 Å². The van der Waals surface area contributed by atoms with Crippen LogP contribution >= 0.6 is 0 Å². The lowest BCUT2D eigenvalue weighted by atomic mass is 10.2. The topological polar surface area (TPSA) is 12.5 Å². The molecule has 0 N–H and O–H groups in total. The van der Waals surface area contributed by atoms with Crippen molar-refractivity contribution in [1.82, 2.24) is 4.90 Å². The molecule has 1 rings (SSSR count). The van der Waals surface area contributed by atoms with Crippen molar-refractivity contribution in [2.75, 3.05) is 32.8 Å². The smallest absolute Gasteiger partial charge is 0.0593 e. The van der Waals surface area contributed by atoms with Crippen molar-refractivity contribution in [2.45, 2.75) is 26.7 Å². The highest BCUT2D eigenvalue weighted by Crippen LogP contribution is 2.06. The van der Waals surface area contributed by atoms with Gasteiger partial charge in [0.15, 0.2) is 0 Å². The van der Waals surface area contributed by atoms with E-state index in [2.05, 4.69) is 18.7 Å². The van der Waals surface area contributed by atoms with Crippen LogP contribution in [0.15, 0.2) is 0 Å². The van der Waals surface area contributed by atoms with Gasteiger partial charge in [-0.2, -0.15) is 0 Å². The highest BCUT2D eigenvalue weighted by Gasteiger charge is 2.10. The van der Waals surface area contributed by atoms with Crippen LogP contribution in [0.3, 0.4) is 0 Å². The van der Waals surface area contributed by atoms with Crippen LogP contribution in [0.25, 0.3) is 0 Å². The summed E-state index contributed by atoms with van der Waals surface area (Å²) in [5, 5.41) is 0. The van der Waals surface area contributed by atoms with Gasteiger partial charge in [-0.3, -0.25) is 0 Å². The highest BCUT2D eigenvalue weighted by atomic mass is 16.5. The predicted molar refractivity (Wildman–Crippen MR) is 51.3 cm³/mol. The van der Waals surface area contributed by atoms with Crippen LogP contribution in [0.4, 0.5) is 0 Å². The van der Waals surface area contributed by atoms with E-state index in [9.17, 15) is 0 Å². The van der Waals surface area contributed by atoms with Gasteiger partial charge in [0, 0.05) is 13.2 Å². The highest BCUT2D eigenvalue weighted by molar-refractivity contribution is 4.65. The van der Waals surface area contributed by atoms with Gasteiger partial charge in [0.05, 0.1) is 6.61 Å². The molecule has 0 bridgehead atoms. The van der Waals surface area contributed by atoms with Crippen LogP contribution in [0.5, 0.6) is 0 Å². The Bertz CT molecular complexity index is 108. The van der Waals surface area contributed by atoms with Gasteiger partial charge in [0.25, 0.3) is 0 Å². The summed E-state index contributed by atoms with van der Waals surface area (Å²) in [7, 11) is 0. The maximum absolute atomic E-state index is 5.52. The lowest BCUT2D eigenvalue weighted by molar-refractivity contribution is 0.0912. The number of ether oxygens (including phenoxy) is 1. The first-order valence-electron chi connectivity index (χ1n) is 5.09. The Morgan fingerprint density at radius 2 is 1.92 bits per heavy atom. The minimum Gasteiger partial charge on any atom is -0.380 e. The zero-order valence-corrected chi connectivity index (χ0v) is 8.38. The maximum atomic E-state index is 5.52. The monoisotopic (exact) mass is 171 g/mol. The molecule has 2 heteroatoms. The molecule has 1 heterocycles. The first-order chi connectivity index (χ1) is 5.79. The largest absolute Gasteiger partial charge is 0.380 e. The zero-order chi connectivity index (χ0) is 8.81. The molecule has 0 atom stereocenters. The molecular formula is C10H21NO. The van der Waals surface area contributed by atoms with Crippen molar-refractivity contribution in [3.63, 3.8) is 0 Å². The molecule has 0 saturated carbocycles. The lowest BCUT2D eigenvalue weighted by Crippen LogP contribution is -2.24. The van der Waals surface area contributed by atoms with Crippen LogP contribution < -0.4 is 0 Å². The Labute approximate surface area is 75.9 Å². The summed E-state index contributed by atoms with van der Waals surface area (Å²) in [6, 6.07) is 0. The molecule has 0 amide bonds. The van der Waals surface area contributed by atoms with E-state index in [1.807, 2.05) is 0 Å². The van der Waals surface area contributed by atoms with Crippen LogP contribution in [0, 0.1) is 5.92 Å². The standard InChI is InChI=1S/C10H21NO/c1-10(2)9-12-8-7-11-5-3-4-6-11/h10H,3-9H2,1-2H3. The summed E-state index contributed by atoms with van der Waals surface area (Å²) in [5.74, 6) is 0.670. The molecule has 0 aliphatic carbocycles. The molecule has 0 spiro atoms. The van der Waals surface area contributed by atoms with E-state index in [0.717, 1.165) is 19.8 Å². The van der Waals surface area contributed by atoms with E-state index in [4.69, 9.17) is 4.74 Å². The van der Waals surface area contributed by atoms with Gasteiger partial charge in [-0.15, -0.1) is 0 Å². The minimum atomic E-state index is 0.670. The van der Waals surface area contributed by atoms with Crippen molar-refractivity contribution in [3.05, 3.63) is 0 Å². The lowest BCUT2D eigenvalue weighted by Gasteiger charge is -2.14. The summed E-state index contributed by atoms with van der Waals surface area (Å²) in [4.78, 5) is 2.49. The van der Waals surface area contributed by atoms with Crippen LogP contribution in [0.1, 0.15) is 26.7 Å². The van der Waals surface area contributed by atoms with Crippen molar-refractivity contribution in [2.24, 2.45) is 5.92 Å². The normalized spacial score (nSPS) is 19.2. The van der Waals surface area contributed by atoms with Crippen molar-refractivity contribution < 1.29 is 4.74 Å². The fraction of sp³-hybridized carbons (Fsp3) is 1.00. The molecule has 0 aromatic heterocycles. The number of nitrogens with zero attached hydrogens (tertiary/aromatic N) is 1. The minimum absolute atomic E-state index is 0.670. The molecule has 0 aromatic carbocycles. The summed E-state index contributed by atoms with van der Waals surface area (Å²) in [6.07, 6.45) is 2.76. The third-order valence-electron chi connectivity index (χ3n) is 2.20. The van der Waals surface area contributed by atoms with E-state index in [1.54, 1.807) is 0 Å². The summed E-state index contributed by atoms with van der Waals surface area (Å²) < 4.78 is 5.52. The van der Waals surface area contributed by atoms with Crippen molar-refractivity contribution in [1.29, 1.82) is 0 Å². The van der Waals surface area contributed by atoms with Crippen LogP contribution in [-0.2, 0) is 4.74 Å². The third-order valence-corrected chi connectivity index (χ3v) is 2.20. The van der Waals surface area contributed by atoms with E-state index < -0.39 is 0 Å². The van der Waals surface area contributed by atoms with Gasteiger partial charge in [0.1, 0.15) is 0 Å². The van der Waals surface area contributed by atoms with Gasteiger partial charge in [-0.1, -0.05) is 13.8 Å². The van der Waals surface area contributed by atoms with Gasteiger partial charge in [-0.05, 0) is 31.8 Å². The second-order valence-corrected chi connectivity index (χ2v) is 4.02. The van der Waals surface area contributed by atoms with Crippen molar-refractivity contribution in [3.8, 4) is 0 Å². The second-order valence-electron chi connectivity index (χ2n) is 4.02. The summed E-state index contributed by atoms with van der Waals surface area (Å²) >= 11 is 0. The van der Waals surface area contributed by atoms with Crippen LogP contribution in [0.2, 0.25) is 0 Å².